The molecular weight excluding hydrogens is 264 g/mol. The van der Waals surface area contributed by atoms with Crippen LogP contribution in [0.15, 0.2) is 55.5 Å². The first-order valence-corrected chi connectivity index (χ1v) is 7.09. The standard InChI is InChI=1S/C17H18N2O2/c1-3-17(9-10-17)21-16(20)15-11-18-12-19(15)13(2)14-7-5-4-6-8-14/h3-8,11-13H,1,9-10H2,2H3/t13-/m1/s1. The van der Waals surface area contributed by atoms with Crippen molar-refractivity contribution in [3.05, 3.63) is 66.8 Å². The van der Waals surface area contributed by atoms with Crippen molar-refractivity contribution >= 4 is 5.97 Å². The van der Waals surface area contributed by atoms with Crippen molar-refractivity contribution in [3.8, 4) is 0 Å². The van der Waals surface area contributed by atoms with Crippen LogP contribution in [0, 0.1) is 0 Å². The average molecular weight is 282 g/mol. The van der Waals surface area contributed by atoms with Gasteiger partial charge in [-0.05, 0) is 31.4 Å². The van der Waals surface area contributed by atoms with Gasteiger partial charge in [-0.15, -0.1) is 0 Å². The van der Waals surface area contributed by atoms with Crippen LogP contribution in [0.4, 0.5) is 0 Å². The highest BCUT2D eigenvalue weighted by Gasteiger charge is 2.44. The Bertz CT molecular complexity index is 656. The molecule has 1 aliphatic rings. The lowest BCUT2D eigenvalue weighted by Gasteiger charge is -2.18. The van der Waals surface area contributed by atoms with E-state index in [1.54, 1.807) is 18.6 Å². The van der Waals surface area contributed by atoms with E-state index < -0.39 is 5.60 Å². The quantitative estimate of drug-likeness (QED) is 0.624. The van der Waals surface area contributed by atoms with E-state index in [9.17, 15) is 4.79 Å². The molecule has 2 aromatic rings. The maximum absolute atomic E-state index is 12.3. The number of benzene rings is 1. The number of hydrogen-bond donors (Lipinski definition) is 0. The second-order valence-corrected chi connectivity index (χ2v) is 5.43. The summed E-state index contributed by atoms with van der Waals surface area (Å²) in [7, 11) is 0. The molecule has 0 bridgehead atoms. The van der Waals surface area contributed by atoms with Crippen LogP contribution >= 0.6 is 0 Å². The number of carbonyl (C=O) groups excluding carboxylic acids is 1. The van der Waals surface area contributed by atoms with E-state index in [1.165, 1.54) is 0 Å². The summed E-state index contributed by atoms with van der Waals surface area (Å²) in [6.07, 6.45) is 6.64. The summed E-state index contributed by atoms with van der Waals surface area (Å²) in [4.78, 5) is 16.4. The molecule has 108 valence electrons. The maximum atomic E-state index is 12.3. The molecule has 4 heteroatoms. The second-order valence-electron chi connectivity index (χ2n) is 5.43. The third kappa shape index (κ3) is 2.61. The molecule has 0 radical (unpaired) electrons. The lowest BCUT2D eigenvalue weighted by Crippen LogP contribution is -2.21. The van der Waals surface area contributed by atoms with Crippen LogP contribution in [-0.2, 0) is 4.74 Å². The molecule has 0 saturated heterocycles. The van der Waals surface area contributed by atoms with Crippen LogP contribution in [0.25, 0.3) is 0 Å². The summed E-state index contributed by atoms with van der Waals surface area (Å²) in [5.74, 6) is -0.340. The number of carbonyl (C=O) groups is 1. The largest absolute Gasteiger partial charge is 0.450 e. The molecule has 0 unspecified atom stereocenters. The van der Waals surface area contributed by atoms with Crippen molar-refractivity contribution in [2.45, 2.75) is 31.4 Å². The lowest BCUT2D eigenvalue weighted by atomic mass is 10.1. The number of hydrogen-bond acceptors (Lipinski definition) is 3. The molecule has 1 aromatic heterocycles. The zero-order valence-corrected chi connectivity index (χ0v) is 12.0. The predicted molar refractivity (Wildman–Crippen MR) is 80.1 cm³/mol. The van der Waals surface area contributed by atoms with Crippen molar-refractivity contribution in [3.63, 3.8) is 0 Å². The second kappa shape index (κ2) is 5.20. The summed E-state index contributed by atoms with van der Waals surface area (Å²) in [6, 6.07) is 10.0. The van der Waals surface area contributed by atoms with E-state index in [2.05, 4.69) is 11.6 Å². The number of nitrogens with zero attached hydrogens (tertiary/aromatic N) is 2. The zero-order valence-electron chi connectivity index (χ0n) is 12.0. The Morgan fingerprint density at radius 1 is 1.43 bits per heavy atom. The van der Waals surface area contributed by atoms with Crippen molar-refractivity contribution in [1.82, 2.24) is 9.55 Å². The predicted octanol–water partition coefficient (Wildman–Crippen LogP) is 3.37. The minimum atomic E-state index is -0.456. The van der Waals surface area contributed by atoms with Crippen LogP contribution in [0.1, 0.15) is 41.9 Å². The molecule has 1 saturated carbocycles. The number of aromatic nitrogens is 2. The zero-order chi connectivity index (χ0) is 14.9. The molecule has 1 aromatic carbocycles. The molecule has 1 fully saturated rings. The van der Waals surface area contributed by atoms with Crippen LogP contribution < -0.4 is 0 Å². The average Bonchev–Trinajstić information content (AvgIpc) is 3.12. The molecular formula is C17H18N2O2. The Balaban J connectivity index is 1.84. The first-order chi connectivity index (χ1) is 10.2. The topological polar surface area (TPSA) is 44.1 Å². The van der Waals surface area contributed by atoms with E-state index in [1.807, 2.05) is 41.8 Å². The van der Waals surface area contributed by atoms with Gasteiger partial charge in [-0.1, -0.05) is 36.9 Å². The number of rotatable bonds is 5. The van der Waals surface area contributed by atoms with Crippen LogP contribution in [0.2, 0.25) is 0 Å². The number of esters is 1. The van der Waals surface area contributed by atoms with E-state index >= 15 is 0 Å². The van der Waals surface area contributed by atoms with Gasteiger partial charge in [-0.25, -0.2) is 9.78 Å². The van der Waals surface area contributed by atoms with Crippen molar-refractivity contribution in [2.24, 2.45) is 0 Å². The molecule has 3 rings (SSSR count). The van der Waals surface area contributed by atoms with Crippen LogP contribution in [0.5, 0.6) is 0 Å². The summed E-state index contributed by atoms with van der Waals surface area (Å²) >= 11 is 0. The normalized spacial score (nSPS) is 17.0. The summed E-state index contributed by atoms with van der Waals surface area (Å²) in [5, 5.41) is 0. The van der Waals surface area contributed by atoms with E-state index in [-0.39, 0.29) is 12.0 Å². The highest BCUT2D eigenvalue weighted by molar-refractivity contribution is 5.88. The number of imidazole rings is 1. The van der Waals surface area contributed by atoms with Crippen LogP contribution in [-0.4, -0.2) is 21.1 Å². The lowest BCUT2D eigenvalue weighted by molar-refractivity contribution is 0.0328. The SMILES string of the molecule is C=CC1(OC(=O)c2cncn2[C@H](C)c2ccccc2)CC1. The van der Waals surface area contributed by atoms with Gasteiger partial charge in [0.1, 0.15) is 11.3 Å². The van der Waals surface area contributed by atoms with Gasteiger partial charge in [0.05, 0.1) is 18.6 Å². The van der Waals surface area contributed by atoms with Gasteiger partial charge in [-0.2, -0.15) is 0 Å². The Kier molecular flexibility index (Phi) is 3.37. The Hall–Kier alpha value is -2.36. The van der Waals surface area contributed by atoms with E-state index in [0.717, 1.165) is 18.4 Å². The minimum absolute atomic E-state index is 0.0233. The van der Waals surface area contributed by atoms with Gasteiger partial charge in [-0.3, -0.25) is 0 Å². The number of ether oxygens (including phenoxy) is 1. The van der Waals surface area contributed by atoms with Gasteiger partial charge in [0.2, 0.25) is 0 Å². The van der Waals surface area contributed by atoms with Crippen molar-refractivity contribution in [2.75, 3.05) is 0 Å². The van der Waals surface area contributed by atoms with Crippen LogP contribution in [0.3, 0.4) is 0 Å². The monoisotopic (exact) mass is 282 g/mol. The van der Waals surface area contributed by atoms with Crippen molar-refractivity contribution < 1.29 is 9.53 Å². The summed E-state index contributed by atoms with van der Waals surface area (Å²) in [6.45, 7) is 5.77. The molecule has 4 nitrogen and oxygen atoms in total. The Labute approximate surface area is 124 Å². The molecule has 1 aliphatic carbocycles. The fourth-order valence-electron chi connectivity index (χ4n) is 2.37. The van der Waals surface area contributed by atoms with Gasteiger partial charge in [0.25, 0.3) is 0 Å². The third-order valence-corrected chi connectivity index (χ3v) is 3.99. The maximum Gasteiger partial charge on any atom is 0.357 e. The Morgan fingerprint density at radius 3 is 2.76 bits per heavy atom. The van der Waals surface area contributed by atoms with Gasteiger partial charge in [0.15, 0.2) is 0 Å². The Morgan fingerprint density at radius 2 is 2.14 bits per heavy atom. The molecule has 0 N–H and O–H groups in total. The van der Waals surface area contributed by atoms with E-state index in [4.69, 9.17) is 4.74 Å². The summed E-state index contributed by atoms with van der Waals surface area (Å²) < 4.78 is 7.40. The fraction of sp³-hybridized carbons (Fsp3) is 0.294. The summed E-state index contributed by atoms with van der Waals surface area (Å²) in [5.41, 5.74) is 1.14. The molecule has 0 aliphatic heterocycles. The molecule has 0 amide bonds. The third-order valence-electron chi connectivity index (χ3n) is 3.99. The van der Waals surface area contributed by atoms with E-state index in [0.29, 0.717) is 5.69 Å². The molecule has 0 spiro atoms. The highest BCUT2D eigenvalue weighted by Crippen LogP contribution is 2.41. The van der Waals surface area contributed by atoms with Gasteiger partial charge < -0.3 is 9.30 Å². The molecule has 1 heterocycles. The first kappa shape index (κ1) is 13.6. The highest BCUT2D eigenvalue weighted by atomic mass is 16.6. The molecule has 1 atom stereocenters. The smallest absolute Gasteiger partial charge is 0.357 e. The van der Waals surface area contributed by atoms with Crippen molar-refractivity contribution in [1.29, 1.82) is 0 Å². The fourth-order valence-corrected chi connectivity index (χ4v) is 2.37. The van der Waals surface area contributed by atoms with Gasteiger partial charge in [0, 0.05) is 0 Å². The minimum Gasteiger partial charge on any atom is -0.450 e. The molecule has 21 heavy (non-hydrogen) atoms. The van der Waals surface area contributed by atoms with Gasteiger partial charge >= 0.3 is 5.97 Å². The first-order valence-electron chi connectivity index (χ1n) is 7.09.